The van der Waals surface area contributed by atoms with Gasteiger partial charge in [-0.15, -0.1) is 11.3 Å². The first-order chi connectivity index (χ1) is 9.73. The zero-order valence-corrected chi connectivity index (χ0v) is 13.6. The lowest BCUT2D eigenvalue weighted by molar-refractivity contribution is 0.0636. The highest BCUT2D eigenvalue weighted by Crippen LogP contribution is 2.40. The molecule has 0 saturated carbocycles. The summed E-state index contributed by atoms with van der Waals surface area (Å²) in [6, 6.07) is 2.07. The summed E-state index contributed by atoms with van der Waals surface area (Å²) in [4.78, 5) is 15.9. The summed E-state index contributed by atoms with van der Waals surface area (Å²) in [6.07, 6.45) is 1.03. The lowest BCUT2D eigenvalue weighted by Crippen LogP contribution is -2.27. The summed E-state index contributed by atoms with van der Waals surface area (Å²) in [5.74, 6) is 0. The molecule has 110 valence electrons. The minimum atomic E-state index is -0.608. The van der Waals surface area contributed by atoms with Gasteiger partial charge in [-0.2, -0.15) is 5.26 Å². The predicted octanol–water partition coefficient (Wildman–Crippen LogP) is 4.48. The average Bonchev–Trinajstić information content (AvgIpc) is 2.71. The number of nitriles is 1. The van der Waals surface area contributed by atoms with Crippen LogP contribution in [0.25, 0.3) is 10.1 Å². The van der Waals surface area contributed by atoms with Gasteiger partial charge in [-0.1, -0.05) is 11.6 Å². The molecule has 0 fully saturated rings. The summed E-state index contributed by atoms with van der Waals surface area (Å²) >= 11 is 7.35. The van der Waals surface area contributed by atoms with Crippen molar-refractivity contribution in [3.63, 3.8) is 0 Å². The molecule has 0 spiro atoms. The van der Waals surface area contributed by atoms with E-state index in [1.807, 2.05) is 6.92 Å². The van der Waals surface area contributed by atoms with Crippen molar-refractivity contribution >= 4 is 44.1 Å². The second-order valence-electron chi connectivity index (χ2n) is 5.48. The van der Waals surface area contributed by atoms with E-state index in [1.165, 1.54) is 11.3 Å². The van der Waals surface area contributed by atoms with Crippen LogP contribution in [-0.4, -0.2) is 16.7 Å². The molecule has 0 aliphatic carbocycles. The summed E-state index contributed by atoms with van der Waals surface area (Å²) in [5.41, 5.74) is 0.595. The quantitative estimate of drug-likeness (QED) is 0.785. The molecule has 2 aromatic heterocycles. The van der Waals surface area contributed by atoms with E-state index in [9.17, 15) is 10.1 Å². The molecule has 7 heteroatoms. The van der Waals surface area contributed by atoms with Crippen LogP contribution in [0.3, 0.4) is 0 Å². The third-order valence-electron chi connectivity index (χ3n) is 2.57. The number of carbonyl (C=O) groups excluding carboxylic acids is 1. The van der Waals surface area contributed by atoms with Gasteiger partial charge in [0.1, 0.15) is 21.8 Å². The van der Waals surface area contributed by atoms with Gasteiger partial charge in [0, 0.05) is 10.9 Å². The summed E-state index contributed by atoms with van der Waals surface area (Å²) < 4.78 is 6.03. The van der Waals surface area contributed by atoms with Gasteiger partial charge in [0.05, 0.1) is 10.9 Å². The number of amides is 1. The van der Waals surface area contributed by atoms with E-state index in [4.69, 9.17) is 16.3 Å². The van der Waals surface area contributed by atoms with E-state index in [2.05, 4.69) is 16.4 Å². The highest BCUT2D eigenvalue weighted by atomic mass is 35.5. The molecule has 0 aromatic carbocycles. The number of thiophene rings is 1. The van der Waals surface area contributed by atoms with E-state index in [-0.39, 0.29) is 5.15 Å². The number of ether oxygens (including phenoxy) is 1. The Morgan fingerprint density at radius 3 is 2.76 bits per heavy atom. The van der Waals surface area contributed by atoms with E-state index >= 15 is 0 Å². The number of aryl methyl sites for hydroxylation is 1. The Morgan fingerprint density at radius 2 is 2.19 bits per heavy atom. The van der Waals surface area contributed by atoms with Gasteiger partial charge in [0.25, 0.3) is 0 Å². The maximum absolute atomic E-state index is 11.9. The van der Waals surface area contributed by atoms with Crippen molar-refractivity contribution in [2.24, 2.45) is 0 Å². The van der Waals surface area contributed by atoms with Gasteiger partial charge in [0.2, 0.25) is 0 Å². The zero-order valence-electron chi connectivity index (χ0n) is 12.1. The largest absolute Gasteiger partial charge is 0.444 e. The van der Waals surface area contributed by atoms with Gasteiger partial charge in [0.15, 0.2) is 0 Å². The summed E-state index contributed by atoms with van der Waals surface area (Å²) in [6.45, 7) is 7.19. The zero-order chi connectivity index (χ0) is 15.8. The molecule has 2 aromatic rings. The molecule has 1 N–H and O–H groups in total. The molecule has 0 bridgehead atoms. The Labute approximate surface area is 131 Å². The third-order valence-corrected chi connectivity index (χ3v) is 4.10. The van der Waals surface area contributed by atoms with Crippen LogP contribution in [0.5, 0.6) is 0 Å². The molecule has 0 aliphatic heterocycles. The first-order valence-corrected chi connectivity index (χ1v) is 7.40. The minimum Gasteiger partial charge on any atom is -0.444 e. The number of anilines is 1. The van der Waals surface area contributed by atoms with E-state index in [0.29, 0.717) is 16.0 Å². The molecule has 2 rings (SSSR count). The van der Waals surface area contributed by atoms with Crippen molar-refractivity contribution in [3.8, 4) is 6.07 Å². The minimum absolute atomic E-state index is 0.251. The molecular weight excluding hydrogens is 310 g/mol. The Hall–Kier alpha value is -1.84. The van der Waals surface area contributed by atoms with Gasteiger partial charge in [-0.3, -0.25) is 5.32 Å². The molecule has 21 heavy (non-hydrogen) atoms. The van der Waals surface area contributed by atoms with Crippen LogP contribution < -0.4 is 5.32 Å². The number of rotatable bonds is 1. The normalized spacial score (nSPS) is 11.2. The molecule has 0 unspecified atom stereocenters. The van der Waals surface area contributed by atoms with Crippen molar-refractivity contribution in [3.05, 3.63) is 22.5 Å². The van der Waals surface area contributed by atoms with Crippen molar-refractivity contribution in [1.29, 1.82) is 5.26 Å². The number of hydrogen-bond donors (Lipinski definition) is 1. The monoisotopic (exact) mass is 323 g/mol. The molecule has 0 aliphatic rings. The fraction of sp³-hybridized carbons (Fsp3) is 0.357. The van der Waals surface area contributed by atoms with Crippen LogP contribution in [-0.2, 0) is 4.74 Å². The van der Waals surface area contributed by atoms with Gasteiger partial charge in [-0.05, 0) is 33.3 Å². The molecule has 2 heterocycles. The first-order valence-electron chi connectivity index (χ1n) is 6.20. The molecule has 5 nitrogen and oxygen atoms in total. The highest BCUT2D eigenvalue weighted by Gasteiger charge is 2.21. The Kier molecular flexibility index (Phi) is 4.08. The maximum atomic E-state index is 11.9. The number of fused-ring (bicyclic) bond motifs is 1. The van der Waals surface area contributed by atoms with Crippen LogP contribution in [0.4, 0.5) is 9.80 Å². The van der Waals surface area contributed by atoms with Crippen LogP contribution in [0.1, 0.15) is 31.9 Å². The average molecular weight is 324 g/mol. The highest BCUT2D eigenvalue weighted by molar-refractivity contribution is 7.23. The number of nitrogens with zero attached hydrogens (tertiary/aromatic N) is 2. The number of halogens is 1. The van der Waals surface area contributed by atoms with Crippen molar-refractivity contribution in [2.45, 2.75) is 33.3 Å². The number of hydrogen-bond acceptors (Lipinski definition) is 5. The van der Waals surface area contributed by atoms with E-state index < -0.39 is 11.7 Å². The van der Waals surface area contributed by atoms with Crippen molar-refractivity contribution in [2.75, 3.05) is 5.32 Å². The molecule has 1 amide bonds. The molecule has 0 saturated heterocycles. The standard InChI is InChI=1S/C14H14ClN3O2S/c1-7-6-17-11(15)9-8(5-16)12(21-10(7)9)18-13(19)20-14(2,3)4/h6H,1-4H3,(H,18,19). The predicted molar refractivity (Wildman–Crippen MR) is 83.9 cm³/mol. The van der Waals surface area contributed by atoms with Crippen molar-refractivity contribution < 1.29 is 9.53 Å². The van der Waals surface area contributed by atoms with Crippen LogP contribution >= 0.6 is 22.9 Å². The van der Waals surface area contributed by atoms with Crippen LogP contribution in [0.2, 0.25) is 5.15 Å². The van der Waals surface area contributed by atoms with Crippen molar-refractivity contribution in [1.82, 2.24) is 4.98 Å². The van der Waals surface area contributed by atoms with E-state index in [1.54, 1.807) is 27.0 Å². The summed E-state index contributed by atoms with van der Waals surface area (Å²) in [5, 5.41) is 13.2. The van der Waals surface area contributed by atoms with Crippen LogP contribution in [0.15, 0.2) is 6.20 Å². The molecular formula is C14H14ClN3O2S. The Morgan fingerprint density at radius 1 is 1.52 bits per heavy atom. The van der Waals surface area contributed by atoms with Gasteiger partial charge in [-0.25, -0.2) is 9.78 Å². The van der Waals surface area contributed by atoms with Gasteiger partial charge >= 0.3 is 6.09 Å². The Balaban J connectivity index is 2.46. The maximum Gasteiger partial charge on any atom is 0.412 e. The smallest absolute Gasteiger partial charge is 0.412 e. The molecule has 0 atom stereocenters. The fourth-order valence-corrected chi connectivity index (χ4v) is 3.17. The molecule has 0 radical (unpaired) electrons. The Bertz CT molecular complexity index is 756. The van der Waals surface area contributed by atoms with Crippen LogP contribution in [0, 0.1) is 18.3 Å². The third kappa shape index (κ3) is 3.26. The summed E-state index contributed by atoms with van der Waals surface area (Å²) in [7, 11) is 0. The lowest BCUT2D eigenvalue weighted by atomic mass is 10.2. The number of pyridine rings is 1. The fourth-order valence-electron chi connectivity index (χ4n) is 1.77. The topological polar surface area (TPSA) is 75.0 Å². The first kappa shape index (κ1) is 15.5. The second-order valence-corrected chi connectivity index (χ2v) is 6.86. The van der Waals surface area contributed by atoms with Gasteiger partial charge < -0.3 is 4.74 Å². The SMILES string of the molecule is Cc1cnc(Cl)c2c(C#N)c(NC(=O)OC(C)(C)C)sc12. The second kappa shape index (κ2) is 5.51. The van der Waals surface area contributed by atoms with E-state index in [0.717, 1.165) is 10.3 Å². The number of carbonyl (C=O) groups is 1. The lowest BCUT2D eigenvalue weighted by Gasteiger charge is -2.19. The number of aromatic nitrogens is 1. The number of nitrogens with one attached hydrogen (secondary N) is 1.